The molecule has 0 bridgehead atoms. The van der Waals surface area contributed by atoms with Crippen LogP contribution in [0.4, 0.5) is 5.69 Å². The Morgan fingerprint density at radius 1 is 1.12 bits per heavy atom. The lowest BCUT2D eigenvalue weighted by molar-refractivity contribution is 0.623. The molecule has 17 heavy (non-hydrogen) atoms. The molecule has 0 amide bonds. The average Bonchev–Trinajstić information content (AvgIpc) is 2.26. The second kappa shape index (κ2) is 6.17. The number of hydrogen-bond acceptors (Lipinski definition) is 2. The maximum absolute atomic E-state index is 11.3. The molecule has 0 spiro atoms. The second-order valence-corrected chi connectivity index (χ2v) is 8.33. The molecule has 0 aliphatic carbocycles. The van der Waals surface area contributed by atoms with E-state index in [0.29, 0.717) is 6.04 Å². The van der Waals surface area contributed by atoms with Crippen molar-refractivity contribution in [2.24, 2.45) is 0 Å². The molecule has 1 aliphatic rings. The van der Waals surface area contributed by atoms with E-state index >= 15 is 0 Å². The molecule has 6 heteroatoms. The third-order valence-corrected chi connectivity index (χ3v) is 5.83. The van der Waals surface area contributed by atoms with Gasteiger partial charge < -0.3 is 5.32 Å². The van der Waals surface area contributed by atoms with Crippen LogP contribution < -0.4 is 5.32 Å². The third kappa shape index (κ3) is 3.78. The van der Waals surface area contributed by atoms with Crippen LogP contribution in [0.3, 0.4) is 0 Å². The van der Waals surface area contributed by atoms with Gasteiger partial charge in [-0.3, -0.25) is 4.21 Å². The normalized spacial score (nSPS) is 24.6. The fourth-order valence-electron chi connectivity index (χ4n) is 1.82. The molecular formula is C11H12Br3NOS. The molecule has 1 N–H and O–H groups in total. The van der Waals surface area contributed by atoms with Gasteiger partial charge in [0.1, 0.15) is 0 Å². The van der Waals surface area contributed by atoms with E-state index < -0.39 is 10.8 Å². The maximum Gasteiger partial charge on any atom is 0.0631 e. The molecule has 1 heterocycles. The first-order valence-electron chi connectivity index (χ1n) is 5.32. The van der Waals surface area contributed by atoms with Gasteiger partial charge in [0, 0.05) is 41.8 Å². The molecule has 0 unspecified atom stereocenters. The van der Waals surface area contributed by atoms with Crippen LogP contribution in [-0.4, -0.2) is 21.8 Å². The Morgan fingerprint density at radius 2 is 1.65 bits per heavy atom. The first-order valence-corrected chi connectivity index (χ1v) is 9.19. The molecule has 0 radical (unpaired) electrons. The standard InChI is InChI=1S/C11H12Br3NOS/c12-7-5-9(13)11(10(14)6-7)15-8-1-3-17(16)4-2-8/h5-6,8,15H,1-4H2. The summed E-state index contributed by atoms with van der Waals surface area (Å²) in [5.74, 6) is 1.62. The molecule has 2 nitrogen and oxygen atoms in total. The van der Waals surface area contributed by atoms with Crippen molar-refractivity contribution in [2.45, 2.75) is 18.9 Å². The number of benzene rings is 1. The van der Waals surface area contributed by atoms with Gasteiger partial charge in [-0.15, -0.1) is 0 Å². The molecule has 1 aromatic rings. The number of nitrogens with one attached hydrogen (secondary N) is 1. The zero-order valence-corrected chi connectivity index (χ0v) is 14.6. The molecule has 1 saturated heterocycles. The largest absolute Gasteiger partial charge is 0.380 e. The zero-order chi connectivity index (χ0) is 12.4. The predicted octanol–water partition coefficient (Wildman–Crippen LogP) is 4.30. The van der Waals surface area contributed by atoms with E-state index in [2.05, 4.69) is 53.1 Å². The minimum Gasteiger partial charge on any atom is -0.380 e. The van der Waals surface area contributed by atoms with Crippen LogP contribution in [0.2, 0.25) is 0 Å². The summed E-state index contributed by atoms with van der Waals surface area (Å²) in [5, 5.41) is 3.52. The van der Waals surface area contributed by atoms with Crippen LogP contribution >= 0.6 is 47.8 Å². The molecule has 0 aromatic heterocycles. The average molecular weight is 446 g/mol. The lowest BCUT2D eigenvalue weighted by Crippen LogP contribution is -2.29. The van der Waals surface area contributed by atoms with Crippen molar-refractivity contribution in [3.63, 3.8) is 0 Å². The lowest BCUT2D eigenvalue weighted by Gasteiger charge is -2.25. The first-order chi connectivity index (χ1) is 8.06. The monoisotopic (exact) mass is 443 g/mol. The highest BCUT2D eigenvalue weighted by molar-refractivity contribution is 9.11. The number of rotatable bonds is 2. The highest BCUT2D eigenvalue weighted by Gasteiger charge is 2.19. The Labute approximate surface area is 129 Å². The smallest absolute Gasteiger partial charge is 0.0631 e. The van der Waals surface area contributed by atoms with Crippen LogP contribution in [0, 0.1) is 0 Å². The van der Waals surface area contributed by atoms with Gasteiger partial charge in [0.25, 0.3) is 0 Å². The molecule has 1 fully saturated rings. The summed E-state index contributed by atoms with van der Waals surface area (Å²) in [4.78, 5) is 0. The van der Waals surface area contributed by atoms with E-state index in [1.165, 1.54) is 0 Å². The Balaban J connectivity index is 2.11. The van der Waals surface area contributed by atoms with Gasteiger partial charge in [-0.1, -0.05) is 15.9 Å². The van der Waals surface area contributed by atoms with Crippen LogP contribution in [0.15, 0.2) is 25.6 Å². The maximum atomic E-state index is 11.3. The number of halogens is 3. The third-order valence-electron chi connectivity index (χ3n) is 2.74. The first kappa shape index (κ1) is 14.0. The topological polar surface area (TPSA) is 29.1 Å². The van der Waals surface area contributed by atoms with Crippen molar-refractivity contribution in [2.75, 3.05) is 16.8 Å². The van der Waals surface area contributed by atoms with E-state index in [9.17, 15) is 4.21 Å². The highest BCUT2D eigenvalue weighted by Crippen LogP contribution is 2.35. The van der Waals surface area contributed by atoms with Crippen LogP contribution in [0.25, 0.3) is 0 Å². The van der Waals surface area contributed by atoms with Gasteiger partial charge >= 0.3 is 0 Å². The van der Waals surface area contributed by atoms with E-state index in [-0.39, 0.29) is 0 Å². The second-order valence-electron chi connectivity index (χ2n) is 4.01. The minimum absolute atomic E-state index is 0.418. The molecule has 0 atom stereocenters. The summed E-state index contributed by atoms with van der Waals surface area (Å²) in [7, 11) is -0.604. The summed E-state index contributed by atoms with van der Waals surface area (Å²) in [5.41, 5.74) is 1.07. The van der Waals surface area contributed by atoms with Crippen molar-refractivity contribution >= 4 is 64.3 Å². The molecule has 1 aliphatic heterocycles. The summed E-state index contributed by atoms with van der Waals surface area (Å²) < 4.78 is 14.4. The quantitative estimate of drug-likeness (QED) is 0.735. The van der Waals surface area contributed by atoms with E-state index in [1.54, 1.807) is 0 Å². The summed E-state index contributed by atoms with van der Waals surface area (Å²) in [6, 6.07) is 4.46. The predicted molar refractivity (Wildman–Crippen MR) is 84.1 cm³/mol. The van der Waals surface area contributed by atoms with E-state index in [1.807, 2.05) is 12.1 Å². The Morgan fingerprint density at radius 3 is 2.18 bits per heavy atom. The van der Waals surface area contributed by atoms with Crippen LogP contribution in [-0.2, 0) is 10.8 Å². The van der Waals surface area contributed by atoms with Gasteiger partial charge in [-0.25, -0.2) is 0 Å². The number of anilines is 1. The summed E-state index contributed by atoms with van der Waals surface area (Å²) in [6.45, 7) is 0. The van der Waals surface area contributed by atoms with Crippen LogP contribution in [0.5, 0.6) is 0 Å². The molecule has 2 rings (SSSR count). The Hall–Kier alpha value is 0.610. The van der Waals surface area contributed by atoms with Gasteiger partial charge in [0.15, 0.2) is 0 Å². The Bertz CT molecular complexity index is 419. The van der Waals surface area contributed by atoms with Crippen LogP contribution in [0.1, 0.15) is 12.8 Å². The summed E-state index contributed by atoms with van der Waals surface area (Å²) >= 11 is 10.6. The fraction of sp³-hybridized carbons (Fsp3) is 0.455. The Kier molecular flexibility index (Phi) is 5.09. The van der Waals surface area contributed by atoms with E-state index in [4.69, 9.17) is 0 Å². The number of hydrogen-bond donors (Lipinski definition) is 1. The van der Waals surface area contributed by atoms with Crippen molar-refractivity contribution < 1.29 is 4.21 Å². The van der Waals surface area contributed by atoms with Crippen molar-refractivity contribution in [3.8, 4) is 0 Å². The van der Waals surface area contributed by atoms with Gasteiger partial charge in [0.2, 0.25) is 0 Å². The SMILES string of the molecule is O=S1CCC(Nc2c(Br)cc(Br)cc2Br)CC1. The summed E-state index contributed by atoms with van der Waals surface area (Å²) in [6.07, 6.45) is 1.95. The van der Waals surface area contributed by atoms with Crippen molar-refractivity contribution in [1.29, 1.82) is 0 Å². The molecular weight excluding hydrogens is 434 g/mol. The zero-order valence-electron chi connectivity index (χ0n) is 9.01. The fourth-order valence-corrected chi connectivity index (χ4v) is 5.61. The minimum atomic E-state index is -0.604. The van der Waals surface area contributed by atoms with Gasteiger partial charge in [-0.2, -0.15) is 0 Å². The van der Waals surface area contributed by atoms with E-state index in [0.717, 1.165) is 43.5 Å². The lowest BCUT2D eigenvalue weighted by atomic mass is 10.1. The van der Waals surface area contributed by atoms with Gasteiger partial charge in [-0.05, 0) is 56.8 Å². The van der Waals surface area contributed by atoms with Gasteiger partial charge in [0.05, 0.1) is 5.69 Å². The molecule has 94 valence electrons. The van der Waals surface area contributed by atoms with Crippen molar-refractivity contribution in [3.05, 3.63) is 25.6 Å². The molecule has 1 aromatic carbocycles. The highest BCUT2D eigenvalue weighted by atomic mass is 79.9. The molecule has 0 saturated carbocycles. The van der Waals surface area contributed by atoms with Crippen molar-refractivity contribution in [1.82, 2.24) is 0 Å².